The first-order valence-electron chi connectivity index (χ1n) is 6.07. The highest BCUT2D eigenvalue weighted by atomic mass is 16.5. The van der Waals surface area contributed by atoms with E-state index < -0.39 is 0 Å². The molecule has 2 fully saturated rings. The van der Waals surface area contributed by atoms with E-state index in [9.17, 15) is 0 Å². The van der Waals surface area contributed by atoms with E-state index in [1.165, 1.54) is 0 Å². The maximum atomic E-state index is 5.96. The van der Waals surface area contributed by atoms with Crippen molar-refractivity contribution in [2.75, 3.05) is 32.9 Å². The molecule has 92 valence electrons. The van der Waals surface area contributed by atoms with Gasteiger partial charge < -0.3 is 20.1 Å². The Morgan fingerprint density at radius 2 is 2.12 bits per heavy atom. The Bertz CT molecular complexity index is 246. The molecule has 0 aromatic rings. The minimum atomic E-state index is 0.361. The minimum absolute atomic E-state index is 0.361. The fourth-order valence-electron chi connectivity index (χ4n) is 2.08. The molecular formula is C11H21N3O2. The van der Waals surface area contributed by atoms with Gasteiger partial charge in [0, 0.05) is 19.7 Å². The largest absolute Gasteiger partial charge is 0.378 e. The van der Waals surface area contributed by atoms with Crippen molar-refractivity contribution in [1.82, 2.24) is 4.90 Å². The lowest BCUT2D eigenvalue weighted by atomic mass is 9.90. The fourth-order valence-corrected chi connectivity index (χ4v) is 2.08. The summed E-state index contributed by atoms with van der Waals surface area (Å²) in [5.41, 5.74) is 5.96. The number of morpholine rings is 1. The van der Waals surface area contributed by atoms with Crippen LogP contribution in [0.2, 0.25) is 0 Å². The summed E-state index contributed by atoms with van der Waals surface area (Å²) in [4.78, 5) is 6.62. The maximum Gasteiger partial charge on any atom is 0.191 e. The van der Waals surface area contributed by atoms with E-state index >= 15 is 0 Å². The van der Waals surface area contributed by atoms with Crippen LogP contribution in [0.4, 0.5) is 0 Å². The lowest BCUT2D eigenvalue weighted by Gasteiger charge is -2.34. The highest BCUT2D eigenvalue weighted by Crippen LogP contribution is 2.26. The Labute approximate surface area is 96.6 Å². The van der Waals surface area contributed by atoms with Crippen molar-refractivity contribution >= 4 is 5.96 Å². The Hall–Kier alpha value is -0.810. The molecule has 2 N–H and O–H groups in total. The van der Waals surface area contributed by atoms with Crippen LogP contribution in [-0.4, -0.2) is 55.9 Å². The molecule has 0 aromatic carbocycles. The van der Waals surface area contributed by atoms with Crippen molar-refractivity contribution in [2.24, 2.45) is 10.7 Å². The zero-order valence-corrected chi connectivity index (χ0v) is 9.89. The summed E-state index contributed by atoms with van der Waals surface area (Å²) in [5.74, 6) is 0.670. The second-order valence-electron chi connectivity index (χ2n) is 4.29. The molecule has 0 atom stereocenters. The summed E-state index contributed by atoms with van der Waals surface area (Å²) in [7, 11) is 0. The number of guanidine groups is 1. The van der Waals surface area contributed by atoms with E-state index in [1.54, 1.807) is 0 Å². The van der Waals surface area contributed by atoms with Crippen LogP contribution in [0.3, 0.4) is 0 Å². The molecule has 5 nitrogen and oxygen atoms in total. The smallest absolute Gasteiger partial charge is 0.191 e. The first kappa shape index (κ1) is 11.7. The molecule has 1 saturated carbocycles. The summed E-state index contributed by atoms with van der Waals surface area (Å²) in [6.07, 6.45) is 2.42. The maximum absolute atomic E-state index is 5.96. The molecule has 16 heavy (non-hydrogen) atoms. The van der Waals surface area contributed by atoms with Crippen LogP contribution in [0.5, 0.6) is 0 Å². The first-order valence-corrected chi connectivity index (χ1v) is 6.07. The van der Waals surface area contributed by atoms with Crippen LogP contribution in [-0.2, 0) is 9.47 Å². The van der Waals surface area contributed by atoms with Gasteiger partial charge >= 0.3 is 0 Å². The van der Waals surface area contributed by atoms with E-state index in [0.29, 0.717) is 18.1 Å². The molecule has 1 aliphatic heterocycles. The molecular weight excluding hydrogens is 206 g/mol. The predicted molar refractivity (Wildman–Crippen MR) is 62.5 cm³/mol. The van der Waals surface area contributed by atoms with E-state index in [0.717, 1.165) is 45.8 Å². The van der Waals surface area contributed by atoms with Crippen molar-refractivity contribution < 1.29 is 9.47 Å². The number of hydrogen-bond donors (Lipinski definition) is 1. The van der Waals surface area contributed by atoms with E-state index in [4.69, 9.17) is 15.2 Å². The predicted octanol–water partition coefficient (Wildman–Crippen LogP) is 0.201. The molecule has 0 radical (unpaired) electrons. The van der Waals surface area contributed by atoms with Gasteiger partial charge in [0.1, 0.15) is 0 Å². The van der Waals surface area contributed by atoms with E-state index in [1.807, 2.05) is 6.92 Å². The van der Waals surface area contributed by atoms with Gasteiger partial charge in [-0.2, -0.15) is 0 Å². The molecule has 5 heteroatoms. The van der Waals surface area contributed by atoms with Crippen molar-refractivity contribution in [3.63, 3.8) is 0 Å². The van der Waals surface area contributed by atoms with Crippen molar-refractivity contribution in [3.05, 3.63) is 0 Å². The summed E-state index contributed by atoms with van der Waals surface area (Å²) in [6, 6.07) is 0.361. The number of ether oxygens (including phenoxy) is 2. The van der Waals surface area contributed by atoms with Gasteiger partial charge in [0.15, 0.2) is 5.96 Å². The van der Waals surface area contributed by atoms with Crippen LogP contribution < -0.4 is 5.73 Å². The zero-order chi connectivity index (χ0) is 11.4. The monoisotopic (exact) mass is 227 g/mol. The number of hydrogen-bond acceptors (Lipinski definition) is 3. The standard InChI is InChI=1S/C11H21N3O2/c1-2-16-10-7-9(8-10)13-11(12)14-3-5-15-6-4-14/h9-10H,2-8H2,1H3,(H2,12,13). The fraction of sp³-hybridized carbons (Fsp3) is 0.909. The molecule has 0 amide bonds. The Morgan fingerprint density at radius 1 is 1.44 bits per heavy atom. The second kappa shape index (κ2) is 5.50. The highest BCUT2D eigenvalue weighted by molar-refractivity contribution is 5.78. The lowest BCUT2D eigenvalue weighted by Crippen LogP contribution is -2.46. The van der Waals surface area contributed by atoms with Crippen molar-refractivity contribution in [1.29, 1.82) is 0 Å². The van der Waals surface area contributed by atoms with Crippen LogP contribution >= 0.6 is 0 Å². The Balaban J connectivity index is 1.74. The molecule has 1 heterocycles. The van der Waals surface area contributed by atoms with Gasteiger partial charge in [0.05, 0.1) is 25.4 Å². The van der Waals surface area contributed by atoms with Crippen LogP contribution in [0.15, 0.2) is 4.99 Å². The Morgan fingerprint density at radius 3 is 2.75 bits per heavy atom. The van der Waals surface area contributed by atoms with Crippen molar-refractivity contribution in [2.45, 2.75) is 31.9 Å². The zero-order valence-electron chi connectivity index (χ0n) is 9.89. The van der Waals surface area contributed by atoms with Gasteiger partial charge in [-0.15, -0.1) is 0 Å². The summed E-state index contributed by atoms with van der Waals surface area (Å²) in [5, 5.41) is 0. The quantitative estimate of drug-likeness (QED) is 0.553. The van der Waals surface area contributed by atoms with E-state index in [2.05, 4.69) is 9.89 Å². The molecule has 1 saturated heterocycles. The topological polar surface area (TPSA) is 60.1 Å². The van der Waals surface area contributed by atoms with Crippen LogP contribution in [0, 0.1) is 0 Å². The molecule has 2 rings (SSSR count). The second-order valence-corrected chi connectivity index (χ2v) is 4.29. The summed E-state index contributed by atoms with van der Waals surface area (Å²) in [6.45, 7) is 6.04. The van der Waals surface area contributed by atoms with Gasteiger partial charge in [-0.3, -0.25) is 0 Å². The summed E-state index contributed by atoms with van der Waals surface area (Å²) < 4.78 is 10.8. The first-order chi connectivity index (χ1) is 7.79. The van der Waals surface area contributed by atoms with Gasteiger partial charge in [-0.05, 0) is 19.8 Å². The van der Waals surface area contributed by atoms with Gasteiger partial charge in [0.2, 0.25) is 0 Å². The molecule has 0 aromatic heterocycles. The van der Waals surface area contributed by atoms with Crippen LogP contribution in [0.25, 0.3) is 0 Å². The SMILES string of the molecule is CCOC1CC(N=C(N)N2CCOCC2)C1. The molecule has 1 aliphatic carbocycles. The normalized spacial score (nSPS) is 31.3. The summed E-state index contributed by atoms with van der Waals surface area (Å²) >= 11 is 0. The lowest BCUT2D eigenvalue weighted by molar-refractivity contribution is -0.00124. The van der Waals surface area contributed by atoms with E-state index in [-0.39, 0.29) is 0 Å². The molecule has 0 spiro atoms. The van der Waals surface area contributed by atoms with Crippen molar-refractivity contribution in [3.8, 4) is 0 Å². The Kier molecular flexibility index (Phi) is 4.01. The van der Waals surface area contributed by atoms with Gasteiger partial charge in [0.25, 0.3) is 0 Å². The molecule has 0 unspecified atom stereocenters. The average Bonchev–Trinajstić information content (AvgIpc) is 2.27. The van der Waals surface area contributed by atoms with Crippen LogP contribution in [0.1, 0.15) is 19.8 Å². The number of nitrogens with zero attached hydrogens (tertiary/aromatic N) is 2. The number of aliphatic imine (C=N–C) groups is 1. The third-order valence-electron chi connectivity index (χ3n) is 3.12. The molecule has 0 bridgehead atoms. The molecule has 2 aliphatic rings. The third kappa shape index (κ3) is 2.86. The van der Waals surface area contributed by atoms with Gasteiger partial charge in [-0.1, -0.05) is 0 Å². The third-order valence-corrected chi connectivity index (χ3v) is 3.12. The average molecular weight is 227 g/mol. The van der Waals surface area contributed by atoms with Gasteiger partial charge in [-0.25, -0.2) is 4.99 Å². The highest BCUT2D eigenvalue weighted by Gasteiger charge is 2.29. The number of nitrogens with two attached hydrogens (primary N) is 1. The minimum Gasteiger partial charge on any atom is -0.378 e. The number of rotatable bonds is 3.